The normalized spacial score (nSPS) is 10.6. The van der Waals surface area contributed by atoms with Crippen LogP contribution in [0.4, 0.5) is 14.5 Å². The van der Waals surface area contributed by atoms with Gasteiger partial charge in [0.05, 0.1) is 18.4 Å². The van der Waals surface area contributed by atoms with Crippen molar-refractivity contribution in [1.29, 1.82) is 0 Å². The van der Waals surface area contributed by atoms with E-state index in [-0.39, 0.29) is 0 Å². The summed E-state index contributed by atoms with van der Waals surface area (Å²) in [7, 11) is 0. The summed E-state index contributed by atoms with van der Waals surface area (Å²) >= 11 is 0. The predicted octanol–water partition coefficient (Wildman–Crippen LogP) is 3.16. The molecule has 0 radical (unpaired) electrons. The van der Waals surface area contributed by atoms with Crippen LogP contribution in [-0.4, -0.2) is 15.0 Å². The Morgan fingerprint density at radius 3 is 2.43 bits per heavy atom. The number of rotatable bonds is 4. The molecule has 0 bridgehead atoms. The first-order chi connectivity index (χ1) is 10.2. The molecule has 0 aliphatic carbocycles. The lowest BCUT2D eigenvalue weighted by Crippen LogP contribution is -2.03. The molecule has 1 N–H and O–H groups in total. The SMILES string of the molecule is Fc1cc(F)cc(NCc2cnn(-c3ccccc3)n2)c1. The van der Waals surface area contributed by atoms with Crippen molar-refractivity contribution in [1.82, 2.24) is 15.0 Å². The van der Waals surface area contributed by atoms with Crippen molar-refractivity contribution in [2.45, 2.75) is 6.54 Å². The van der Waals surface area contributed by atoms with E-state index in [0.717, 1.165) is 11.8 Å². The van der Waals surface area contributed by atoms with Crippen LogP contribution in [0.2, 0.25) is 0 Å². The van der Waals surface area contributed by atoms with Gasteiger partial charge in [0.25, 0.3) is 0 Å². The van der Waals surface area contributed by atoms with Gasteiger partial charge in [-0.15, -0.1) is 0 Å². The van der Waals surface area contributed by atoms with E-state index in [4.69, 9.17) is 0 Å². The number of nitrogens with zero attached hydrogens (tertiary/aromatic N) is 3. The number of halogens is 2. The minimum Gasteiger partial charge on any atom is -0.379 e. The lowest BCUT2D eigenvalue weighted by atomic mass is 10.3. The number of nitrogens with one attached hydrogen (secondary N) is 1. The Labute approximate surface area is 120 Å². The smallest absolute Gasteiger partial charge is 0.128 e. The Kier molecular flexibility index (Phi) is 3.59. The van der Waals surface area contributed by atoms with Crippen molar-refractivity contribution in [3.63, 3.8) is 0 Å². The standard InChI is InChI=1S/C15H12F2N4/c16-11-6-12(17)8-13(7-11)18-9-14-10-19-21(20-14)15-4-2-1-3-5-15/h1-8,10,18H,9H2. The summed E-state index contributed by atoms with van der Waals surface area (Å²) in [6, 6.07) is 12.8. The van der Waals surface area contributed by atoms with Crippen LogP contribution in [-0.2, 0) is 6.54 Å². The number of anilines is 1. The molecule has 0 saturated heterocycles. The molecule has 21 heavy (non-hydrogen) atoms. The Morgan fingerprint density at radius 2 is 1.71 bits per heavy atom. The first-order valence-electron chi connectivity index (χ1n) is 6.37. The van der Waals surface area contributed by atoms with Gasteiger partial charge in [-0.25, -0.2) is 8.78 Å². The molecule has 3 rings (SSSR count). The zero-order chi connectivity index (χ0) is 14.7. The highest BCUT2D eigenvalue weighted by Crippen LogP contribution is 2.13. The van der Waals surface area contributed by atoms with E-state index in [0.29, 0.717) is 17.9 Å². The minimum absolute atomic E-state index is 0.329. The zero-order valence-electron chi connectivity index (χ0n) is 11.0. The highest BCUT2D eigenvalue weighted by Gasteiger charge is 2.04. The molecular weight excluding hydrogens is 274 g/mol. The fourth-order valence-corrected chi connectivity index (χ4v) is 1.91. The summed E-state index contributed by atoms with van der Waals surface area (Å²) in [5.41, 5.74) is 1.88. The van der Waals surface area contributed by atoms with E-state index < -0.39 is 11.6 Å². The maximum Gasteiger partial charge on any atom is 0.128 e. The molecule has 0 aliphatic heterocycles. The van der Waals surface area contributed by atoms with Crippen molar-refractivity contribution in [3.8, 4) is 5.69 Å². The largest absolute Gasteiger partial charge is 0.379 e. The molecule has 3 aromatic rings. The van der Waals surface area contributed by atoms with Crippen LogP contribution >= 0.6 is 0 Å². The van der Waals surface area contributed by atoms with E-state index in [1.807, 2.05) is 30.3 Å². The third kappa shape index (κ3) is 3.22. The quantitative estimate of drug-likeness (QED) is 0.801. The van der Waals surface area contributed by atoms with Gasteiger partial charge in [0.2, 0.25) is 0 Å². The van der Waals surface area contributed by atoms with Gasteiger partial charge >= 0.3 is 0 Å². The Balaban J connectivity index is 1.70. The van der Waals surface area contributed by atoms with Gasteiger partial charge in [0.15, 0.2) is 0 Å². The van der Waals surface area contributed by atoms with Crippen molar-refractivity contribution in [2.75, 3.05) is 5.32 Å². The van der Waals surface area contributed by atoms with Crippen LogP contribution in [0.3, 0.4) is 0 Å². The molecule has 4 nitrogen and oxygen atoms in total. The van der Waals surface area contributed by atoms with Crippen LogP contribution < -0.4 is 5.32 Å². The lowest BCUT2D eigenvalue weighted by molar-refractivity contribution is 0.584. The summed E-state index contributed by atoms with van der Waals surface area (Å²) in [6.07, 6.45) is 1.61. The fraction of sp³-hybridized carbons (Fsp3) is 0.0667. The third-order valence-electron chi connectivity index (χ3n) is 2.86. The Hall–Kier alpha value is -2.76. The van der Waals surface area contributed by atoms with E-state index in [9.17, 15) is 8.78 Å². The summed E-state index contributed by atoms with van der Waals surface area (Å²) < 4.78 is 26.1. The highest BCUT2D eigenvalue weighted by molar-refractivity contribution is 5.43. The zero-order valence-corrected chi connectivity index (χ0v) is 11.0. The monoisotopic (exact) mass is 286 g/mol. The summed E-state index contributed by atoms with van der Waals surface area (Å²) in [6.45, 7) is 0.329. The number of hydrogen-bond acceptors (Lipinski definition) is 3. The van der Waals surface area contributed by atoms with E-state index >= 15 is 0 Å². The second-order valence-corrected chi connectivity index (χ2v) is 4.47. The molecular formula is C15H12F2N4. The first kappa shape index (κ1) is 13.2. The van der Waals surface area contributed by atoms with Gasteiger partial charge < -0.3 is 5.32 Å². The van der Waals surface area contributed by atoms with Crippen LogP contribution in [0.1, 0.15) is 5.69 Å². The van der Waals surface area contributed by atoms with E-state index in [1.165, 1.54) is 16.9 Å². The molecule has 0 fully saturated rings. The molecule has 2 aromatic carbocycles. The summed E-state index contributed by atoms with van der Waals surface area (Å²) in [4.78, 5) is 1.50. The second kappa shape index (κ2) is 5.70. The molecule has 0 unspecified atom stereocenters. The van der Waals surface area contributed by atoms with Gasteiger partial charge in [0, 0.05) is 11.8 Å². The molecule has 0 spiro atoms. The number of hydrogen-bond donors (Lipinski definition) is 1. The topological polar surface area (TPSA) is 42.7 Å². The molecule has 0 aliphatic rings. The van der Waals surface area contributed by atoms with Crippen molar-refractivity contribution in [2.24, 2.45) is 0 Å². The number of aromatic nitrogens is 3. The van der Waals surface area contributed by atoms with Crippen LogP contribution in [0, 0.1) is 11.6 Å². The van der Waals surface area contributed by atoms with Gasteiger partial charge in [0.1, 0.15) is 17.3 Å². The van der Waals surface area contributed by atoms with E-state index in [2.05, 4.69) is 15.5 Å². The minimum atomic E-state index is -0.620. The number of para-hydroxylation sites is 1. The maximum atomic E-state index is 13.1. The van der Waals surface area contributed by atoms with Crippen molar-refractivity contribution >= 4 is 5.69 Å². The van der Waals surface area contributed by atoms with E-state index in [1.54, 1.807) is 6.20 Å². The summed E-state index contributed by atoms with van der Waals surface area (Å²) in [5.74, 6) is -1.24. The van der Waals surface area contributed by atoms with Crippen LogP contribution in [0.5, 0.6) is 0 Å². The fourth-order valence-electron chi connectivity index (χ4n) is 1.91. The average Bonchev–Trinajstić information content (AvgIpc) is 2.94. The highest BCUT2D eigenvalue weighted by atomic mass is 19.1. The Bertz CT molecular complexity index is 720. The van der Waals surface area contributed by atoms with Gasteiger partial charge in [-0.1, -0.05) is 18.2 Å². The average molecular weight is 286 g/mol. The molecule has 1 aromatic heterocycles. The molecule has 106 valence electrons. The van der Waals surface area contributed by atoms with Gasteiger partial charge in [-0.05, 0) is 24.3 Å². The molecule has 0 amide bonds. The second-order valence-electron chi connectivity index (χ2n) is 4.47. The van der Waals surface area contributed by atoms with Gasteiger partial charge in [-0.3, -0.25) is 0 Å². The molecule has 0 atom stereocenters. The first-order valence-corrected chi connectivity index (χ1v) is 6.37. The third-order valence-corrected chi connectivity index (χ3v) is 2.86. The van der Waals surface area contributed by atoms with Crippen molar-refractivity contribution < 1.29 is 8.78 Å². The van der Waals surface area contributed by atoms with Crippen LogP contribution in [0.25, 0.3) is 5.69 Å². The Morgan fingerprint density at radius 1 is 1.00 bits per heavy atom. The van der Waals surface area contributed by atoms with Crippen LogP contribution in [0.15, 0.2) is 54.7 Å². The lowest BCUT2D eigenvalue weighted by Gasteiger charge is -2.04. The predicted molar refractivity (Wildman–Crippen MR) is 75.0 cm³/mol. The van der Waals surface area contributed by atoms with Gasteiger partial charge in [-0.2, -0.15) is 15.0 Å². The molecule has 0 saturated carbocycles. The molecule has 1 heterocycles. The molecule has 6 heteroatoms. The summed E-state index contributed by atoms with van der Waals surface area (Å²) in [5, 5.41) is 11.4. The van der Waals surface area contributed by atoms with Crippen molar-refractivity contribution in [3.05, 3.63) is 72.1 Å². The maximum absolute atomic E-state index is 13.1. The number of benzene rings is 2.